The Bertz CT molecular complexity index is 2960. The summed E-state index contributed by atoms with van der Waals surface area (Å²) in [5.41, 5.74) is 12.0. The number of benzene rings is 6. The van der Waals surface area contributed by atoms with Crippen molar-refractivity contribution in [3.63, 3.8) is 0 Å². The number of nitrogens with zero attached hydrogens (tertiary/aromatic N) is 4. The molecule has 0 atom stereocenters. The molecule has 0 saturated heterocycles. The molecule has 6 rings (SSSR count). The van der Waals surface area contributed by atoms with E-state index in [-0.39, 0.29) is 56.0 Å². The van der Waals surface area contributed by atoms with Gasteiger partial charge in [0.05, 0.1) is 37.4 Å². The van der Waals surface area contributed by atoms with E-state index in [9.17, 15) is 51.9 Å². The third-order valence-corrected chi connectivity index (χ3v) is 11.6. The Labute approximate surface area is 318 Å². The van der Waals surface area contributed by atoms with E-state index in [0.29, 0.717) is 10.8 Å². The standard InChI is InChI=1S/C34H26N6O12S4/c35-29-11-13-31(27-17-23(53(41,42)43)7-9-25(27)29)39-37-21-5-3-19(33(15-21)55(47,48)49)1-2-20-4-6-22(16-34(20)56(50,51)52)38-40-32-14-12-30(36)26-10-8-24(18-28(26)32)54(44,45)46/h1-18H,35-36H2,(H,41,42,43)(H,44,45,46)(H,47,48,49)(H,50,51,52)/p-2/b2-1+,39-37?,40-38?. The predicted molar refractivity (Wildman–Crippen MR) is 202 cm³/mol. The number of rotatable bonds is 10. The van der Waals surface area contributed by atoms with Gasteiger partial charge in [0.1, 0.15) is 25.1 Å². The molecule has 0 spiro atoms. The summed E-state index contributed by atoms with van der Waals surface area (Å²) < 4.78 is 139. The van der Waals surface area contributed by atoms with Gasteiger partial charge in [-0.05, 0) is 83.9 Å². The quantitative estimate of drug-likeness (QED) is 0.0498. The molecule has 0 radical (unpaired) electrons. The Morgan fingerprint density at radius 2 is 0.911 bits per heavy atom. The predicted octanol–water partition coefficient (Wildman–Crippen LogP) is 6.46. The van der Waals surface area contributed by atoms with Crippen LogP contribution in [0.15, 0.2) is 137 Å². The number of fused-ring (bicyclic) bond motifs is 2. The van der Waals surface area contributed by atoms with E-state index in [2.05, 4.69) is 20.5 Å². The van der Waals surface area contributed by atoms with Gasteiger partial charge in [-0.15, -0.1) is 10.2 Å². The molecule has 56 heavy (non-hydrogen) atoms. The molecule has 0 aliphatic rings. The van der Waals surface area contributed by atoms with Crippen LogP contribution < -0.4 is 11.5 Å². The van der Waals surface area contributed by atoms with Crippen LogP contribution in [0.3, 0.4) is 0 Å². The van der Waals surface area contributed by atoms with E-state index in [0.717, 1.165) is 48.6 Å². The molecule has 18 nitrogen and oxygen atoms in total. The van der Waals surface area contributed by atoms with Gasteiger partial charge in [0, 0.05) is 32.9 Å². The summed E-state index contributed by atoms with van der Waals surface area (Å²) in [6.07, 6.45) is 2.21. The lowest BCUT2D eigenvalue weighted by atomic mass is 10.1. The van der Waals surface area contributed by atoms with E-state index in [1.165, 1.54) is 60.7 Å². The molecule has 6 aromatic carbocycles. The SMILES string of the molecule is Nc1ccc(N=Nc2ccc(/C=C/c3ccc(N=Nc4ccc(N)c5ccc(S(=O)(=O)O)cc45)cc3S(=O)(=O)O)c(S(=O)(=O)[O-])c2)c2cc(S(=O)(=O)[O-])ccc12. The molecule has 0 saturated carbocycles. The van der Waals surface area contributed by atoms with E-state index in [4.69, 9.17) is 11.5 Å². The van der Waals surface area contributed by atoms with E-state index < -0.39 is 60.1 Å². The second-order valence-electron chi connectivity index (χ2n) is 11.8. The van der Waals surface area contributed by atoms with E-state index in [1.54, 1.807) is 0 Å². The number of azo groups is 2. The normalized spacial score (nSPS) is 13.1. The van der Waals surface area contributed by atoms with Gasteiger partial charge in [-0.1, -0.05) is 36.4 Å². The smallest absolute Gasteiger partial charge is 0.295 e. The van der Waals surface area contributed by atoms with E-state index >= 15 is 0 Å². The first-order valence-electron chi connectivity index (χ1n) is 15.4. The maximum Gasteiger partial charge on any atom is 0.295 e. The van der Waals surface area contributed by atoms with Crippen LogP contribution >= 0.6 is 0 Å². The average Bonchev–Trinajstić information content (AvgIpc) is 3.12. The highest BCUT2D eigenvalue weighted by molar-refractivity contribution is 7.86. The highest BCUT2D eigenvalue weighted by Gasteiger charge is 2.17. The molecular formula is C34H24N6O12S4-2. The van der Waals surface area contributed by atoms with Gasteiger partial charge < -0.3 is 20.6 Å². The monoisotopic (exact) mass is 836 g/mol. The van der Waals surface area contributed by atoms with E-state index in [1.807, 2.05) is 0 Å². The molecule has 6 N–H and O–H groups in total. The summed E-state index contributed by atoms with van der Waals surface area (Å²) in [4.78, 5) is -2.45. The van der Waals surface area contributed by atoms with Gasteiger partial charge in [0.2, 0.25) is 0 Å². The summed E-state index contributed by atoms with van der Waals surface area (Å²) in [5, 5.41) is 17.1. The lowest BCUT2D eigenvalue weighted by Gasteiger charge is -2.12. The Balaban J connectivity index is 1.34. The topological polar surface area (TPSA) is 325 Å². The Morgan fingerprint density at radius 1 is 0.464 bits per heavy atom. The van der Waals surface area contributed by atoms with Gasteiger partial charge in [0.25, 0.3) is 20.2 Å². The molecular weight excluding hydrogens is 813 g/mol. The lowest BCUT2D eigenvalue weighted by molar-refractivity contribution is 0.461. The lowest BCUT2D eigenvalue weighted by Crippen LogP contribution is -2.02. The molecule has 0 fully saturated rings. The largest absolute Gasteiger partial charge is 0.744 e. The molecule has 0 heterocycles. The van der Waals surface area contributed by atoms with Crippen molar-refractivity contribution in [3.8, 4) is 0 Å². The van der Waals surface area contributed by atoms with Crippen molar-refractivity contribution in [3.05, 3.63) is 108 Å². The summed E-state index contributed by atoms with van der Waals surface area (Å²) in [6.45, 7) is 0. The van der Waals surface area contributed by atoms with Crippen LogP contribution in [-0.4, -0.2) is 51.9 Å². The first kappa shape index (κ1) is 39.7. The van der Waals surface area contributed by atoms with Crippen LogP contribution in [-0.2, 0) is 40.5 Å². The zero-order valence-corrected chi connectivity index (χ0v) is 31.2. The Kier molecular flexibility index (Phi) is 10.3. The molecule has 0 aromatic heterocycles. The number of nitrogen functional groups attached to an aromatic ring is 2. The first-order valence-corrected chi connectivity index (χ1v) is 21.1. The van der Waals surface area contributed by atoms with Crippen LogP contribution in [0.4, 0.5) is 34.1 Å². The van der Waals surface area contributed by atoms with Crippen molar-refractivity contribution in [1.82, 2.24) is 0 Å². The van der Waals surface area contributed by atoms with Gasteiger partial charge in [-0.3, -0.25) is 9.11 Å². The molecule has 0 amide bonds. The maximum atomic E-state index is 12.4. The fraction of sp³-hybridized carbons (Fsp3) is 0. The van der Waals surface area contributed by atoms with Crippen LogP contribution in [0, 0.1) is 0 Å². The van der Waals surface area contributed by atoms with Gasteiger partial charge >= 0.3 is 0 Å². The number of hydrogen-bond acceptors (Lipinski definition) is 16. The second-order valence-corrected chi connectivity index (χ2v) is 17.3. The molecule has 22 heteroatoms. The molecule has 0 aliphatic heterocycles. The van der Waals surface area contributed by atoms with Crippen LogP contribution in [0.2, 0.25) is 0 Å². The minimum Gasteiger partial charge on any atom is -0.744 e. The fourth-order valence-electron chi connectivity index (χ4n) is 5.45. The Morgan fingerprint density at radius 3 is 1.36 bits per heavy atom. The molecule has 0 bridgehead atoms. The summed E-state index contributed by atoms with van der Waals surface area (Å²) in [7, 11) is -19.5. The highest BCUT2D eigenvalue weighted by atomic mass is 32.2. The summed E-state index contributed by atoms with van der Waals surface area (Å²) >= 11 is 0. The van der Waals surface area contributed by atoms with Crippen molar-refractivity contribution in [2.75, 3.05) is 11.5 Å². The van der Waals surface area contributed by atoms with Crippen molar-refractivity contribution in [2.45, 2.75) is 19.6 Å². The minimum atomic E-state index is -5.18. The van der Waals surface area contributed by atoms with Crippen LogP contribution in [0.1, 0.15) is 11.1 Å². The fourth-order valence-corrected chi connectivity index (χ4v) is 7.85. The van der Waals surface area contributed by atoms with Crippen molar-refractivity contribution in [2.24, 2.45) is 20.5 Å². The number of hydrogen-bond donors (Lipinski definition) is 4. The zero-order valence-electron chi connectivity index (χ0n) is 27.9. The molecule has 0 unspecified atom stereocenters. The van der Waals surface area contributed by atoms with Gasteiger partial charge in [-0.25, -0.2) is 16.8 Å². The third kappa shape index (κ3) is 8.61. The van der Waals surface area contributed by atoms with Crippen LogP contribution in [0.5, 0.6) is 0 Å². The summed E-state index contributed by atoms with van der Waals surface area (Å²) in [6, 6.07) is 19.6. The van der Waals surface area contributed by atoms with Crippen molar-refractivity contribution < 1.29 is 51.9 Å². The molecule has 0 aliphatic carbocycles. The maximum absolute atomic E-state index is 12.4. The average molecular weight is 837 g/mol. The first-order chi connectivity index (χ1) is 26.1. The second kappa shape index (κ2) is 14.6. The zero-order chi connectivity index (χ0) is 40.8. The minimum absolute atomic E-state index is 0.0593. The van der Waals surface area contributed by atoms with Crippen molar-refractivity contribution in [1.29, 1.82) is 0 Å². The van der Waals surface area contributed by atoms with Gasteiger partial charge in [0.15, 0.2) is 0 Å². The van der Waals surface area contributed by atoms with Crippen molar-refractivity contribution >= 4 is 108 Å². The van der Waals surface area contributed by atoms with Crippen LogP contribution in [0.25, 0.3) is 33.7 Å². The highest BCUT2D eigenvalue weighted by Crippen LogP contribution is 2.36. The van der Waals surface area contributed by atoms with Gasteiger partial charge in [-0.2, -0.15) is 27.1 Å². The number of anilines is 2. The molecule has 288 valence electrons. The molecule has 6 aromatic rings. The number of nitrogens with two attached hydrogens (primary N) is 2. The summed E-state index contributed by atoms with van der Waals surface area (Å²) in [5.74, 6) is 0. The third-order valence-electron chi connectivity index (χ3n) is 8.11. The Hall–Kier alpha value is -5.98.